The standard InChI is InChI=1S/C17H31NO4/c1-4-13-12(11-20-18)15(14(5-2)21-13)16(19)22-17(6-3)9-7-8-10-17/h12-15H,4-11,18H2,1-3H3. The third kappa shape index (κ3) is 3.47. The molecule has 4 atom stereocenters. The smallest absolute Gasteiger partial charge is 0.312 e. The first-order valence-electron chi connectivity index (χ1n) is 8.80. The summed E-state index contributed by atoms with van der Waals surface area (Å²) in [6.45, 7) is 6.57. The zero-order valence-corrected chi connectivity index (χ0v) is 14.2. The van der Waals surface area contributed by atoms with Crippen molar-refractivity contribution in [1.29, 1.82) is 0 Å². The van der Waals surface area contributed by atoms with Crippen LogP contribution in [-0.4, -0.2) is 30.4 Å². The van der Waals surface area contributed by atoms with E-state index in [0.717, 1.165) is 44.9 Å². The van der Waals surface area contributed by atoms with Gasteiger partial charge in [0.1, 0.15) is 5.60 Å². The van der Waals surface area contributed by atoms with Crippen molar-refractivity contribution in [2.75, 3.05) is 6.61 Å². The Balaban J connectivity index is 2.13. The second-order valence-electron chi connectivity index (χ2n) is 6.72. The van der Waals surface area contributed by atoms with Crippen LogP contribution >= 0.6 is 0 Å². The van der Waals surface area contributed by atoms with Gasteiger partial charge in [-0.15, -0.1) is 0 Å². The number of carbonyl (C=O) groups is 1. The molecule has 4 unspecified atom stereocenters. The molecule has 0 aromatic heterocycles. The van der Waals surface area contributed by atoms with Crippen LogP contribution in [0.4, 0.5) is 0 Å². The Morgan fingerprint density at radius 3 is 2.32 bits per heavy atom. The number of hydrogen-bond donors (Lipinski definition) is 1. The largest absolute Gasteiger partial charge is 0.459 e. The van der Waals surface area contributed by atoms with Crippen LogP contribution in [0.2, 0.25) is 0 Å². The van der Waals surface area contributed by atoms with Gasteiger partial charge in [0.15, 0.2) is 0 Å². The van der Waals surface area contributed by atoms with Gasteiger partial charge in [0.25, 0.3) is 0 Å². The maximum absolute atomic E-state index is 12.9. The fourth-order valence-corrected chi connectivity index (χ4v) is 4.14. The molecule has 5 heteroatoms. The summed E-state index contributed by atoms with van der Waals surface area (Å²) in [6.07, 6.45) is 6.73. The normalized spacial score (nSPS) is 34.0. The fourth-order valence-electron chi connectivity index (χ4n) is 4.14. The summed E-state index contributed by atoms with van der Waals surface area (Å²) in [7, 11) is 0. The highest BCUT2D eigenvalue weighted by atomic mass is 16.6. The van der Waals surface area contributed by atoms with Crippen LogP contribution < -0.4 is 5.90 Å². The van der Waals surface area contributed by atoms with E-state index in [1.807, 2.05) is 0 Å². The Morgan fingerprint density at radius 2 is 1.82 bits per heavy atom. The Bertz CT molecular complexity index is 368. The first-order valence-corrected chi connectivity index (χ1v) is 8.80. The molecule has 2 aliphatic rings. The van der Waals surface area contributed by atoms with E-state index in [9.17, 15) is 4.79 Å². The molecule has 1 saturated heterocycles. The summed E-state index contributed by atoms with van der Waals surface area (Å²) in [5, 5.41) is 0. The number of esters is 1. The molecule has 1 aliphatic carbocycles. The van der Waals surface area contributed by atoms with Gasteiger partial charge in [-0.1, -0.05) is 20.8 Å². The third-order valence-electron chi connectivity index (χ3n) is 5.53. The maximum atomic E-state index is 12.9. The molecule has 2 N–H and O–H groups in total. The van der Waals surface area contributed by atoms with Crippen LogP contribution in [0.15, 0.2) is 0 Å². The molecule has 0 amide bonds. The van der Waals surface area contributed by atoms with Crippen molar-refractivity contribution < 1.29 is 19.1 Å². The van der Waals surface area contributed by atoms with Gasteiger partial charge in [-0.05, 0) is 44.9 Å². The van der Waals surface area contributed by atoms with Crippen LogP contribution in [0.1, 0.15) is 65.7 Å². The molecular weight excluding hydrogens is 282 g/mol. The molecule has 5 nitrogen and oxygen atoms in total. The van der Waals surface area contributed by atoms with Crippen LogP contribution in [0.25, 0.3) is 0 Å². The van der Waals surface area contributed by atoms with Crippen molar-refractivity contribution >= 4 is 5.97 Å². The number of rotatable bonds is 7. The van der Waals surface area contributed by atoms with Gasteiger partial charge in [-0.2, -0.15) is 0 Å². The number of carbonyl (C=O) groups excluding carboxylic acids is 1. The molecule has 0 spiro atoms. The average molecular weight is 313 g/mol. The lowest BCUT2D eigenvalue weighted by atomic mass is 9.85. The maximum Gasteiger partial charge on any atom is 0.312 e. The molecule has 2 fully saturated rings. The second-order valence-corrected chi connectivity index (χ2v) is 6.72. The minimum absolute atomic E-state index is 0.0113. The molecule has 1 heterocycles. The Hall–Kier alpha value is -0.650. The zero-order valence-electron chi connectivity index (χ0n) is 14.2. The lowest BCUT2D eigenvalue weighted by Gasteiger charge is -2.31. The monoisotopic (exact) mass is 313 g/mol. The quantitative estimate of drug-likeness (QED) is 0.578. The molecule has 0 radical (unpaired) electrons. The van der Waals surface area contributed by atoms with E-state index in [4.69, 9.17) is 20.2 Å². The van der Waals surface area contributed by atoms with E-state index in [1.165, 1.54) is 0 Å². The summed E-state index contributed by atoms with van der Waals surface area (Å²) in [6, 6.07) is 0. The van der Waals surface area contributed by atoms with Crippen LogP contribution in [0.5, 0.6) is 0 Å². The summed E-state index contributed by atoms with van der Waals surface area (Å²) in [5.41, 5.74) is -0.256. The third-order valence-corrected chi connectivity index (χ3v) is 5.53. The lowest BCUT2D eigenvalue weighted by Crippen LogP contribution is -2.40. The molecule has 1 saturated carbocycles. The summed E-state index contributed by atoms with van der Waals surface area (Å²) in [4.78, 5) is 17.7. The highest BCUT2D eigenvalue weighted by Crippen LogP contribution is 2.41. The second kappa shape index (κ2) is 7.75. The molecular formula is C17H31NO4. The molecule has 0 aromatic carbocycles. The fraction of sp³-hybridized carbons (Fsp3) is 0.941. The van der Waals surface area contributed by atoms with Gasteiger partial charge in [0, 0.05) is 5.92 Å². The molecule has 1 aliphatic heterocycles. The lowest BCUT2D eigenvalue weighted by molar-refractivity contribution is -0.168. The van der Waals surface area contributed by atoms with Gasteiger partial charge in [-0.25, -0.2) is 5.90 Å². The van der Waals surface area contributed by atoms with Crippen molar-refractivity contribution in [1.82, 2.24) is 0 Å². The SMILES string of the molecule is CCC1OC(CC)C(C(=O)OC2(CC)CCCC2)C1CON. The average Bonchev–Trinajstić information content (AvgIpc) is 3.12. The van der Waals surface area contributed by atoms with Crippen LogP contribution in [0, 0.1) is 11.8 Å². The highest BCUT2D eigenvalue weighted by molar-refractivity contribution is 5.74. The van der Waals surface area contributed by atoms with E-state index in [2.05, 4.69) is 20.8 Å². The van der Waals surface area contributed by atoms with E-state index in [0.29, 0.717) is 6.61 Å². The molecule has 2 rings (SSSR count). The molecule has 128 valence electrons. The molecule has 22 heavy (non-hydrogen) atoms. The van der Waals surface area contributed by atoms with Crippen LogP contribution in [0.3, 0.4) is 0 Å². The van der Waals surface area contributed by atoms with Gasteiger partial charge in [0.2, 0.25) is 0 Å². The van der Waals surface area contributed by atoms with Gasteiger partial charge < -0.3 is 14.3 Å². The van der Waals surface area contributed by atoms with E-state index >= 15 is 0 Å². The summed E-state index contributed by atoms with van der Waals surface area (Å²) < 4.78 is 12.1. The summed E-state index contributed by atoms with van der Waals surface area (Å²) >= 11 is 0. The van der Waals surface area contributed by atoms with Crippen molar-refractivity contribution in [3.8, 4) is 0 Å². The molecule has 0 aromatic rings. The number of nitrogens with two attached hydrogens (primary N) is 1. The predicted octanol–water partition coefficient (Wildman–Crippen LogP) is 2.96. The van der Waals surface area contributed by atoms with Crippen molar-refractivity contribution in [2.24, 2.45) is 17.7 Å². The van der Waals surface area contributed by atoms with Crippen molar-refractivity contribution in [2.45, 2.75) is 83.5 Å². The zero-order chi connectivity index (χ0) is 16.2. The number of ether oxygens (including phenoxy) is 2. The van der Waals surface area contributed by atoms with E-state index in [1.54, 1.807) is 0 Å². The topological polar surface area (TPSA) is 70.8 Å². The predicted molar refractivity (Wildman–Crippen MR) is 83.9 cm³/mol. The van der Waals surface area contributed by atoms with Crippen molar-refractivity contribution in [3.63, 3.8) is 0 Å². The Labute approximate surface area is 133 Å². The number of hydrogen-bond acceptors (Lipinski definition) is 5. The van der Waals surface area contributed by atoms with Gasteiger partial charge in [-0.3, -0.25) is 4.79 Å². The highest BCUT2D eigenvalue weighted by Gasteiger charge is 2.49. The van der Waals surface area contributed by atoms with Gasteiger partial charge in [0.05, 0.1) is 24.7 Å². The Kier molecular flexibility index (Phi) is 6.24. The first kappa shape index (κ1) is 17.7. The van der Waals surface area contributed by atoms with Gasteiger partial charge >= 0.3 is 5.97 Å². The van der Waals surface area contributed by atoms with Crippen molar-refractivity contribution in [3.05, 3.63) is 0 Å². The van der Waals surface area contributed by atoms with E-state index in [-0.39, 0.29) is 35.6 Å². The first-order chi connectivity index (χ1) is 10.6. The molecule has 0 bridgehead atoms. The van der Waals surface area contributed by atoms with E-state index < -0.39 is 0 Å². The minimum atomic E-state index is -0.262. The van der Waals surface area contributed by atoms with Crippen LogP contribution in [-0.2, 0) is 19.1 Å². The summed E-state index contributed by atoms with van der Waals surface area (Å²) in [5.74, 6) is 4.89. The minimum Gasteiger partial charge on any atom is -0.459 e. The Morgan fingerprint density at radius 1 is 1.18 bits per heavy atom.